The number of carbonyl (C=O) groups is 1. The molecule has 1 fully saturated rings. The molecule has 1 saturated heterocycles. The fourth-order valence-electron chi connectivity index (χ4n) is 4.36. The molecule has 3 heterocycles. The van der Waals surface area contributed by atoms with E-state index in [9.17, 15) is 9.18 Å². The van der Waals surface area contributed by atoms with Gasteiger partial charge in [-0.1, -0.05) is 12.1 Å². The van der Waals surface area contributed by atoms with Crippen molar-refractivity contribution in [2.45, 2.75) is 6.42 Å². The first-order chi connectivity index (χ1) is 16.6. The van der Waals surface area contributed by atoms with E-state index < -0.39 is 0 Å². The van der Waals surface area contributed by atoms with Crippen molar-refractivity contribution in [2.24, 2.45) is 0 Å². The molecule has 1 N–H and O–H groups in total. The van der Waals surface area contributed by atoms with Crippen LogP contribution in [0.1, 0.15) is 16.1 Å². The number of amides is 1. The Morgan fingerprint density at radius 2 is 1.91 bits per heavy atom. The number of fused-ring (bicyclic) bond motifs is 2. The molecule has 1 aliphatic rings. The number of halogens is 1. The largest absolute Gasteiger partial charge is 0.497 e. The summed E-state index contributed by atoms with van der Waals surface area (Å²) in [6.45, 7) is 4.93. The van der Waals surface area contributed by atoms with Crippen LogP contribution in [-0.2, 0) is 0 Å². The number of para-hydroxylation sites is 1. The summed E-state index contributed by atoms with van der Waals surface area (Å²) in [5.74, 6) is 0.562. The van der Waals surface area contributed by atoms with Crippen molar-refractivity contribution in [3.63, 3.8) is 0 Å². The molecule has 0 saturated carbocycles. The summed E-state index contributed by atoms with van der Waals surface area (Å²) in [7, 11) is 1.64. The van der Waals surface area contributed by atoms with Gasteiger partial charge in [0.15, 0.2) is 0 Å². The van der Waals surface area contributed by atoms with Gasteiger partial charge < -0.3 is 15.0 Å². The lowest BCUT2D eigenvalue weighted by atomic mass is 10.2. The fourth-order valence-corrected chi connectivity index (χ4v) is 5.30. The van der Waals surface area contributed by atoms with E-state index in [0.29, 0.717) is 17.1 Å². The zero-order chi connectivity index (χ0) is 23.5. The number of rotatable bonds is 7. The molecule has 1 aliphatic heterocycles. The number of anilines is 1. The van der Waals surface area contributed by atoms with Crippen LogP contribution in [0.4, 0.5) is 10.1 Å². The summed E-state index contributed by atoms with van der Waals surface area (Å²) in [6.07, 6.45) is 0.873. The topological polar surface area (TPSA) is 57.7 Å². The van der Waals surface area contributed by atoms with Crippen molar-refractivity contribution in [1.29, 1.82) is 0 Å². The molecule has 34 heavy (non-hydrogen) atoms. The molecule has 6 nitrogen and oxygen atoms in total. The number of nitrogens with zero attached hydrogens (tertiary/aromatic N) is 3. The highest BCUT2D eigenvalue weighted by atomic mass is 32.1. The van der Waals surface area contributed by atoms with E-state index in [2.05, 4.69) is 21.2 Å². The van der Waals surface area contributed by atoms with Crippen molar-refractivity contribution in [3.8, 4) is 5.75 Å². The van der Waals surface area contributed by atoms with Gasteiger partial charge in [0, 0.05) is 43.5 Å². The maximum atomic E-state index is 14.0. The number of carbonyl (C=O) groups excluding carboxylic acids is 1. The molecule has 1 amide bonds. The summed E-state index contributed by atoms with van der Waals surface area (Å²) < 4.78 is 19.3. The van der Waals surface area contributed by atoms with E-state index >= 15 is 0 Å². The number of hydrogen-bond donors (Lipinski definition) is 1. The second kappa shape index (κ2) is 9.95. The second-order valence-electron chi connectivity index (χ2n) is 8.44. The van der Waals surface area contributed by atoms with Gasteiger partial charge in [-0.05, 0) is 55.4 Å². The highest BCUT2D eigenvalue weighted by molar-refractivity contribution is 7.20. The fraction of sp³-hybridized carbons (Fsp3) is 0.308. The van der Waals surface area contributed by atoms with Crippen LogP contribution in [0.2, 0.25) is 0 Å². The SMILES string of the molecule is COc1ccc2nc3sc(C(=O)NCCCN4CCN(c5ccccc5F)CC4)cc3cc2c1. The van der Waals surface area contributed by atoms with E-state index in [4.69, 9.17) is 9.72 Å². The predicted octanol–water partition coefficient (Wildman–Crippen LogP) is 4.54. The minimum atomic E-state index is -0.164. The third-order valence-electron chi connectivity index (χ3n) is 6.23. The van der Waals surface area contributed by atoms with Crippen molar-refractivity contribution >= 4 is 44.1 Å². The van der Waals surface area contributed by atoms with Crippen LogP contribution in [0.25, 0.3) is 21.1 Å². The summed E-state index contributed by atoms with van der Waals surface area (Å²) in [6, 6.07) is 16.7. The molecular weight excluding hydrogens is 451 g/mol. The third kappa shape index (κ3) is 4.83. The quantitative estimate of drug-likeness (QED) is 0.395. The molecule has 176 valence electrons. The van der Waals surface area contributed by atoms with E-state index in [1.165, 1.54) is 17.4 Å². The number of ether oxygens (including phenoxy) is 1. The molecule has 0 bridgehead atoms. The van der Waals surface area contributed by atoms with E-state index in [0.717, 1.165) is 66.0 Å². The van der Waals surface area contributed by atoms with E-state index in [-0.39, 0.29) is 11.7 Å². The second-order valence-corrected chi connectivity index (χ2v) is 9.47. The molecule has 8 heteroatoms. The van der Waals surface area contributed by atoms with Gasteiger partial charge in [0.25, 0.3) is 5.91 Å². The number of benzene rings is 2. The first-order valence-electron chi connectivity index (χ1n) is 11.5. The lowest BCUT2D eigenvalue weighted by molar-refractivity contribution is 0.0955. The Labute approximate surface area is 202 Å². The summed E-state index contributed by atoms with van der Waals surface area (Å²) in [5, 5.41) is 4.99. The molecule has 5 rings (SSSR count). The Bertz CT molecular complexity index is 1320. The van der Waals surface area contributed by atoms with Crippen LogP contribution in [0.3, 0.4) is 0 Å². The minimum absolute atomic E-state index is 0.0611. The zero-order valence-corrected chi connectivity index (χ0v) is 19.9. The number of thiophene rings is 1. The number of piperazine rings is 1. The predicted molar refractivity (Wildman–Crippen MR) is 136 cm³/mol. The number of hydrogen-bond acceptors (Lipinski definition) is 6. The van der Waals surface area contributed by atoms with Crippen LogP contribution in [0, 0.1) is 5.82 Å². The van der Waals surface area contributed by atoms with Crippen LogP contribution >= 0.6 is 11.3 Å². The highest BCUT2D eigenvalue weighted by Gasteiger charge is 2.19. The normalized spacial score (nSPS) is 14.6. The van der Waals surface area contributed by atoms with Crippen molar-refractivity contribution in [2.75, 3.05) is 51.3 Å². The van der Waals surface area contributed by atoms with Gasteiger partial charge in [-0.3, -0.25) is 9.69 Å². The van der Waals surface area contributed by atoms with Crippen LogP contribution in [0.15, 0.2) is 54.6 Å². The molecular formula is C26H27FN4O2S. The standard InChI is InChI=1S/C26H27FN4O2S/c1-33-20-7-8-22-18(16-20)15-19-17-24(34-26(19)29-22)25(32)28-9-4-10-30-11-13-31(14-12-30)23-6-3-2-5-21(23)27/h2-3,5-8,15-17H,4,9-14H2,1H3,(H,28,32). The summed E-state index contributed by atoms with van der Waals surface area (Å²) >= 11 is 1.41. The van der Waals surface area contributed by atoms with Crippen molar-refractivity contribution in [3.05, 3.63) is 65.3 Å². The Balaban J connectivity index is 1.11. The van der Waals surface area contributed by atoms with Gasteiger partial charge in [-0.2, -0.15) is 0 Å². The van der Waals surface area contributed by atoms with Gasteiger partial charge in [0.2, 0.25) is 0 Å². The van der Waals surface area contributed by atoms with Gasteiger partial charge in [0.1, 0.15) is 16.4 Å². The van der Waals surface area contributed by atoms with Crippen molar-refractivity contribution < 1.29 is 13.9 Å². The monoisotopic (exact) mass is 478 g/mol. The lowest BCUT2D eigenvalue weighted by Crippen LogP contribution is -2.47. The van der Waals surface area contributed by atoms with Gasteiger partial charge in [-0.15, -0.1) is 11.3 Å². The Morgan fingerprint density at radius 1 is 1.09 bits per heavy atom. The van der Waals surface area contributed by atoms with E-state index in [1.54, 1.807) is 13.2 Å². The lowest BCUT2D eigenvalue weighted by Gasteiger charge is -2.36. The first kappa shape index (κ1) is 22.6. The molecule has 0 spiro atoms. The maximum absolute atomic E-state index is 14.0. The smallest absolute Gasteiger partial charge is 0.261 e. The Kier molecular flexibility index (Phi) is 6.60. The first-order valence-corrected chi connectivity index (χ1v) is 12.3. The van der Waals surface area contributed by atoms with Gasteiger partial charge in [-0.25, -0.2) is 9.37 Å². The maximum Gasteiger partial charge on any atom is 0.261 e. The Hall–Kier alpha value is -3.23. The average Bonchev–Trinajstić information content (AvgIpc) is 3.28. The number of aromatic nitrogens is 1. The van der Waals surface area contributed by atoms with Gasteiger partial charge in [0.05, 0.1) is 23.2 Å². The van der Waals surface area contributed by atoms with E-state index in [1.807, 2.05) is 36.4 Å². The molecule has 2 aromatic heterocycles. The molecule has 4 aromatic rings. The number of pyridine rings is 1. The molecule has 0 aliphatic carbocycles. The third-order valence-corrected chi connectivity index (χ3v) is 7.28. The molecule has 2 aromatic carbocycles. The summed E-state index contributed by atoms with van der Waals surface area (Å²) in [5.41, 5.74) is 1.57. The highest BCUT2D eigenvalue weighted by Crippen LogP contribution is 2.29. The number of methoxy groups -OCH3 is 1. The number of nitrogens with one attached hydrogen (secondary N) is 1. The molecule has 0 atom stereocenters. The molecule has 0 unspecified atom stereocenters. The zero-order valence-electron chi connectivity index (χ0n) is 19.1. The summed E-state index contributed by atoms with van der Waals surface area (Å²) in [4.78, 5) is 23.4. The van der Waals surface area contributed by atoms with Crippen molar-refractivity contribution in [1.82, 2.24) is 15.2 Å². The van der Waals surface area contributed by atoms with Crippen LogP contribution in [-0.4, -0.2) is 62.2 Å². The van der Waals surface area contributed by atoms with Gasteiger partial charge >= 0.3 is 0 Å². The minimum Gasteiger partial charge on any atom is -0.497 e. The Morgan fingerprint density at radius 3 is 2.71 bits per heavy atom. The van der Waals surface area contributed by atoms with Crippen LogP contribution in [0.5, 0.6) is 5.75 Å². The van der Waals surface area contributed by atoms with Crippen LogP contribution < -0.4 is 15.0 Å². The average molecular weight is 479 g/mol. The molecule has 0 radical (unpaired) electrons.